The summed E-state index contributed by atoms with van der Waals surface area (Å²) in [6.07, 6.45) is 1.80. The minimum absolute atomic E-state index is 0.730. The number of rotatable bonds is 3. The highest BCUT2D eigenvalue weighted by atomic mass is 28.3. The Kier molecular flexibility index (Phi) is 2.99. The third kappa shape index (κ3) is 2.01. The number of allylic oxidation sites excluding steroid dienone is 1. The summed E-state index contributed by atoms with van der Waals surface area (Å²) in [4.78, 5) is 10.1. The van der Waals surface area contributed by atoms with Crippen molar-refractivity contribution in [3.63, 3.8) is 0 Å². The number of hydrogen-bond acceptors (Lipinski definition) is 1. The summed E-state index contributed by atoms with van der Waals surface area (Å²) in [6.45, 7) is 3.68. The van der Waals surface area contributed by atoms with Crippen LogP contribution in [0.3, 0.4) is 0 Å². The van der Waals surface area contributed by atoms with Crippen LogP contribution in [-0.4, -0.2) is 13.8 Å². The summed E-state index contributed by atoms with van der Waals surface area (Å²) in [7, 11) is -1.83. The highest BCUT2D eigenvalue weighted by Gasteiger charge is 2.10. The van der Waals surface area contributed by atoms with Gasteiger partial charge in [-0.1, -0.05) is 48.5 Å². The van der Waals surface area contributed by atoms with Crippen molar-refractivity contribution in [2.45, 2.75) is 6.04 Å². The lowest BCUT2D eigenvalue weighted by Gasteiger charge is -2.09. The maximum atomic E-state index is 10.1. The first-order valence-electron chi connectivity index (χ1n) is 5.09. The molecule has 0 aliphatic rings. The van der Waals surface area contributed by atoms with E-state index in [9.17, 15) is 4.80 Å². The van der Waals surface area contributed by atoms with Crippen molar-refractivity contribution in [1.82, 2.24) is 0 Å². The molecule has 0 aliphatic heterocycles. The topological polar surface area (TPSA) is 20.2 Å². The largest absolute Gasteiger partial charge is 0.430 e. The zero-order chi connectivity index (χ0) is 10.7. The van der Waals surface area contributed by atoms with E-state index >= 15 is 0 Å². The van der Waals surface area contributed by atoms with Crippen LogP contribution in [0.15, 0.2) is 55.1 Å². The van der Waals surface area contributed by atoms with Crippen molar-refractivity contribution >= 4 is 25.0 Å². The lowest BCUT2D eigenvalue weighted by molar-refractivity contribution is 0.589. The molecule has 0 aromatic heterocycles. The Bertz CT molecular complexity index is 473. The summed E-state index contributed by atoms with van der Waals surface area (Å²) in [6, 6.07) is 15.0. The molecule has 0 amide bonds. The minimum atomic E-state index is -1.83. The molecule has 1 N–H and O–H groups in total. The Morgan fingerprint density at radius 1 is 1.13 bits per heavy atom. The van der Waals surface area contributed by atoms with Crippen molar-refractivity contribution in [3.05, 3.63) is 55.1 Å². The molecule has 0 spiro atoms. The van der Waals surface area contributed by atoms with Crippen molar-refractivity contribution in [1.29, 1.82) is 0 Å². The zero-order valence-electron chi connectivity index (χ0n) is 8.56. The first kappa shape index (κ1) is 10.1. The number of fused-ring (bicyclic) bond motifs is 1. The average molecular weight is 214 g/mol. The summed E-state index contributed by atoms with van der Waals surface area (Å²) in [5.74, 6) is 0. The molecule has 0 heterocycles. The van der Waals surface area contributed by atoms with Crippen molar-refractivity contribution in [3.8, 4) is 0 Å². The molecule has 2 aromatic rings. The van der Waals surface area contributed by atoms with Gasteiger partial charge in [0.05, 0.1) is 0 Å². The van der Waals surface area contributed by atoms with Gasteiger partial charge >= 0.3 is 0 Å². The monoisotopic (exact) mass is 214 g/mol. The second kappa shape index (κ2) is 4.42. The van der Waals surface area contributed by atoms with Crippen LogP contribution in [0.25, 0.3) is 10.8 Å². The summed E-state index contributed by atoms with van der Waals surface area (Å²) in [5.41, 5.74) is 0. The molecule has 76 valence electrons. The van der Waals surface area contributed by atoms with Crippen molar-refractivity contribution < 1.29 is 4.80 Å². The third-order valence-corrected chi connectivity index (χ3v) is 4.57. The Morgan fingerprint density at radius 2 is 1.87 bits per heavy atom. The highest BCUT2D eigenvalue weighted by Crippen LogP contribution is 2.11. The van der Waals surface area contributed by atoms with Crippen LogP contribution < -0.4 is 5.19 Å². The molecule has 0 saturated heterocycles. The van der Waals surface area contributed by atoms with E-state index in [-0.39, 0.29) is 0 Å². The number of hydrogen-bond donors (Lipinski definition) is 1. The summed E-state index contributed by atoms with van der Waals surface area (Å²) < 4.78 is 0. The predicted octanol–water partition coefficient (Wildman–Crippen LogP) is 1.95. The second-order valence-corrected chi connectivity index (χ2v) is 5.73. The average Bonchev–Trinajstić information content (AvgIpc) is 2.28. The highest BCUT2D eigenvalue weighted by molar-refractivity contribution is 6.69. The molecule has 0 fully saturated rings. The number of benzene rings is 2. The van der Waals surface area contributed by atoms with Crippen LogP contribution in [0.2, 0.25) is 6.04 Å². The molecule has 15 heavy (non-hydrogen) atoms. The molecule has 1 nitrogen and oxygen atoms in total. The Balaban J connectivity index is 2.55. The first-order valence-corrected chi connectivity index (χ1v) is 7.00. The Hall–Kier alpha value is -1.38. The Morgan fingerprint density at radius 3 is 2.67 bits per heavy atom. The lowest BCUT2D eigenvalue weighted by Crippen LogP contribution is -2.29. The molecule has 1 atom stereocenters. The molecule has 2 aromatic carbocycles. The smallest absolute Gasteiger partial charge is 0.208 e. The SMILES string of the molecule is C=CC[SiH](O)c1cccc2ccccc12. The van der Waals surface area contributed by atoms with Gasteiger partial charge in [-0.25, -0.2) is 0 Å². The molecule has 2 heteroatoms. The third-order valence-electron chi connectivity index (χ3n) is 2.57. The van der Waals surface area contributed by atoms with Gasteiger partial charge in [-0.3, -0.25) is 0 Å². The second-order valence-electron chi connectivity index (χ2n) is 3.61. The van der Waals surface area contributed by atoms with Gasteiger partial charge in [-0.05, 0) is 22.0 Å². The maximum Gasteiger partial charge on any atom is 0.208 e. The molecule has 0 radical (unpaired) electrons. The first-order chi connectivity index (χ1) is 7.33. The normalized spacial score (nSPS) is 12.6. The van der Waals surface area contributed by atoms with E-state index in [0.29, 0.717) is 0 Å². The standard InChI is InChI=1S/C13H14OSi/c1-2-10-15(14)13-9-5-7-11-6-3-4-8-12(11)13/h2-9,14-15H,1,10H2. The van der Waals surface area contributed by atoms with E-state index in [1.165, 1.54) is 10.8 Å². The van der Waals surface area contributed by atoms with Gasteiger partial charge in [-0.15, -0.1) is 6.58 Å². The fraction of sp³-hybridized carbons (Fsp3) is 0.0769. The fourth-order valence-corrected chi connectivity index (χ4v) is 3.35. The molecule has 1 unspecified atom stereocenters. The molecule has 0 saturated carbocycles. The van der Waals surface area contributed by atoms with E-state index in [1.54, 1.807) is 6.08 Å². The molecule has 0 bridgehead atoms. The quantitative estimate of drug-likeness (QED) is 0.611. The van der Waals surface area contributed by atoms with E-state index in [1.807, 2.05) is 24.3 Å². The Labute approximate surface area is 91.4 Å². The van der Waals surface area contributed by atoms with Gasteiger partial charge in [0.1, 0.15) is 0 Å². The van der Waals surface area contributed by atoms with Crippen LogP contribution in [0.5, 0.6) is 0 Å². The van der Waals surface area contributed by atoms with Gasteiger partial charge in [0.15, 0.2) is 0 Å². The summed E-state index contributed by atoms with van der Waals surface area (Å²) in [5, 5.41) is 3.50. The van der Waals surface area contributed by atoms with E-state index in [2.05, 4.69) is 24.8 Å². The minimum Gasteiger partial charge on any atom is -0.430 e. The van der Waals surface area contributed by atoms with Gasteiger partial charge < -0.3 is 4.80 Å². The van der Waals surface area contributed by atoms with E-state index in [4.69, 9.17) is 0 Å². The van der Waals surface area contributed by atoms with Gasteiger partial charge in [-0.2, -0.15) is 0 Å². The van der Waals surface area contributed by atoms with Gasteiger partial charge in [0.2, 0.25) is 9.04 Å². The van der Waals surface area contributed by atoms with Crippen LogP contribution in [-0.2, 0) is 0 Å². The molecular weight excluding hydrogens is 200 g/mol. The van der Waals surface area contributed by atoms with Crippen molar-refractivity contribution in [2.75, 3.05) is 0 Å². The van der Waals surface area contributed by atoms with Crippen LogP contribution in [0.4, 0.5) is 0 Å². The zero-order valence-corrected chi connectivity index (χ0v) is 9.71. The van der Waals surface area contributed by atoms with Crippen LogP contribution in [0, 0.1) is 0 Å². The van der Waals surface area contributed by atoms with Gasteiger partial charge in [0, 0.05) is 0 Å². The lowest BCUT2D eigenvalue weighted by atomic mass is 10.1. The summed E-state index contributed by atoms with van der Waals surface area (Å²) >= 11 is 0. The van der Waals surface area contributed by atoms with Crippen LogP contribution >= 0.6 is 0 Å². The maximum absolute atomic E-state index is 10.1. The van der Waals surface area contributed by atoms with E-state index < -0.39 is 9.04 Å². The molecule has 0 aliphatic carbocycles. The van der Waals surface area contributed by atoms with Crippen molar-refractivity contribution in [2.24, 2.45) is 0 Å². The molecule has 2 rings (SSSR count). The van der Waals surface area contributed by atoms with Crippen LogP contribution in [0.1, 0.15) is 0 Å². The van der Waals surface area contributed by atoms with E-state index in [0.717, 1.165) is 11.2 Å². The predicted molar refractivity (Wildman–Crippen MR) is 68.0 cm³/mol. The fourth-order valence-electron chi connectivity index (χ4n) is 1.83. The van der Waals surface area contributed by atoms with Gasteiger partial charge in [0.25, 0.3) is 0 Å². The molecular formula is C13H14OSi.